The number of hydrogen-bond acceptors (Lipinski definition) is 2. The van der Waals surface area contributed by atoms with Crippen LogP contribution >= 0.6 is 0 Å². The van der Waals surface area contributed by atoms with E-state index in [0.29, 0.717) is 6.42 Å². The van der Waals surface area contributed by atoms with Crippen LogP contribution in [0.25, 0.3) is 0 Å². The minimum absolute atomic E-state index is 0.0280. The summed E-state index contributed by atoms with van der Waals surface area (Å²) in [6.07, 6.45) is 6.38. The van der Waals surface area contributed by atoms with E-state index in [9.17, 15) is 9.90 Å². The Morgan fingerprint density at radius 1 is 1.32 bits per heavy atom. The second-order valence-corrected chi connectivity index (χ2v) is 5.22. The molecular formula is C16H21NO2. The molecule has 0 saturated heterocycles. The van der Waals surface area contributed by atoms with E-state index < -0.39 is 0 Å². The fourth-order valence-electron chi connectivity index (χ4n) is 2.32. The van der Waals surface area contributed by atoms with Crippen LogP contribution in [0.3, 0.4) is 0 Å². The molecule has 0 unspecified atom stereocenters. The van der Waals surface area contributed by atoms with Crippen molar-refractivity contribution in [2.45, 2.75) is 32.2 Å². The van der Waals surface area contributed by atoms with Crippen LogP contribution in [0.1, 0.15) is 24.0 Å². The SMILES string of the molecule is Cc1ccc(C[C@H](CO)NC(=O)C2CC=CC2)cc1. The minimum Gasteiger partial charge on any atom is -0.394 e. The van der Waals surface area contributed by atoms with Gasteiger partial charge < -0.3 is 10.4 Å². The Labute approximate surface area is 114 Å². The smallest absolute Gasteiger partial charge is 0.224 e. The van der Waals surface area contributed by atoms with Gasteiger partial charge in [-0.15, -0.1) is 0 Å². The van der Waals surface area contributed by atoms with Crippen LogP contribution in [0, 0.1) is 12.8 Å². The fraction of sp³-hybridized carbons (Fsp3) is 0.438. The summed E-state index contributed by atoms with van der Waals surface area (Å²) in [5.74, 6) is 0.100. The summed E-state index contributed by atoms with van der Waals surface area (Å²) in [4.78, 5) is 12.0. The molecule has 102 valence electrons. The van der Waals surface area contributed by atoms with E-state index in [1.165, 1.54) is 5.56 Å². The molecule has 0 heterocycles. The molecule has 0 spiro atoms. The van der Waals surface area contributed by atoms with Crippen LogP contribution in [-0.2, 0) is 11.2 Å². The van der Waals surface area contributed by atoms with Gasteiger partial charge in [0.15, 0.2) is 0 Å². The number of allylic oxidation sites excluding steroid dienone is 2. The first-order valence-corrected chi connectivity index (χ1v) is 6.81. The highest BCUT2D eigenvalue weighted by Gasteiger charge is 2.21. The van der Waals surface area contributed by atoms with Crippen LogP contribution in [0.2, 0.25) is 0 Å². The van der Waals surface area contributed by atoms with E-state index in [-0.39, 0.29) is 24.5 Å². The number of aryl methyl sites for hydroxylation is 1. The second-order valence-electron chi connectivity index (χ2n) is 5.22. The Balaban J connectivity index is 1.89. The molecule has 2 N–H and O–H groups in total. The molecule has 1 aromatic rings. The molecule has 1 amide bonds. The zero-order valence-corrected chi connectivity index (χ0v) is 11.3. The van der Waals surface area contributed by atoms with Crippen molar-refractivity contribution >= 4 is 5.91 Å². The third kappa shape index (κ3) is 3.93. The zero-order valence-electron chi connectivity index (χ0n) is 11.3. The van der Waals surface area contributed by atoms with E-state index >= 15 is 0 Å². The number of nitrogens with one attached hydrogen (secondary N) is 1. The van der Waals surface area contributed by atoms with Crippen molar-refractivity contribution in [3.63, 3.8) is 0 Å². The van der Waals surface area contributed by atoms with Crippen LogP contribution in [0.5, 0.6) is 0 Å². The summed E-state index contributed by atoms with van der Waals surface area (Å²) < 4.78 is 0. The van der Waals surface area contributed by atoms with Crippen LogP contribution < -0.4 is 5.32 Å². The number of rotatable bonds is 5. The summed E-state index contributed by atoms with van der Waals surface area (Å²) in [6.45, 7) is 2.02. The van der Waals surface area contributed by atoms with Crippen molar-refractivity contribution in [2.24, 2.45) is 5.92 Å². The highest BCUT2D eigenvalue weighted by molar-refractivity contribution is 5.79. The van der Waals surface area contributed by atoms with Gasteiger partial charge in [-0.05, 0) is 31.7 Å². The Morgan fingerprint density at radius 2 is 1.95 bits per heavy atom. The Hall–Kier alpha value is -1.61. The lowest BCUT2D eigenvalue weighted by molar-refractivity contribution is -0.125. The van der Waals surface area contributed by atoms with Crippen molar-refractivity contribution in [1.29, 1.82) is 0 Å². The normalized spacial score (nSPS) is 16.5. The molecular weight excluding hydrogens is 238 g/mol. The predicted molar refractivity (Wildman–Crippen MR) is 75.8 cm³/mol. The van der Waals surface area contributed by atoms with Crippen LogP contribution in [0.4, 0.5) is 0 Å². The first-order valence-electron chi connectivity index (χ1n) is 6.81. The Kier molecular flexibility index (Phi) is 4.74. The number of aliphatic hydroxyl groups is 1. The lowest BCUT2D eigenvalue weighted by Gasteiger charge is -2.19. The molecule has 2 rings (SSSR count). The van der Waals surface area contributed by atoms with Crippen molar-refractivity contribution < 1.29 is 9.90 Å². The molecule has 0 aromatic heterocycles. The standard InChI is InChI=1S/C16H21NO2/c1-12-6-8-13(9-7-12)10-15(11-18)17-16(19)14-4-2-3-5-14/h2-3,6-9,14-15,18H,4-5,10-11H2,1H3,(H,17,19)/t15-/m1/s1. The van der Waals surface area contributed by atoms with E-state index in [4.69, 9.17) is 0 Å². The topological polar surface area (TPSA) is 49.3 Å². The van der Waals surface area contributed by atoms with Crippen LogP contribution in [-0.4, -0.2) is 23.7 Å². The number of carbonyl (C=O) groups is 1. The maximum absolute atomic E-state index is 12.0. The number of amides is 1. The summed E-state index contributed by atoms with van der Waals surface area (Å²) in [5, 5.41) is 12.3. The van der Waals surface area contributed by atoms with E-state index in [1.807, 2.05) is 43.3 Å². The summed E-state index contributed by atoms with van der Waals surface area (Å²) >= 11 is 0. The monoisotopic (exact) mass is 259 g/mol. The van der Waals surface area contributed by atoms with Crippen molar-refractivity contribution in [3.8, 4) is 0 Å². The lowest BCUT2D eigenvalue weighted by Crippen LogP contribution is -2.41. The fourth-order valence-corrected chi connectivity index (χ4v) is 2.32. The van der Waals surface area contributed by atoms with E-state index in [0.717, 1.165) is 18.4 Å². The molecule has 3 nitrogen and oxygen atoms in total. The summed E-state index contributed by atoms with van der Waals surface area (Å²) in [7, 11) is 0. The maximum Gasteiger partial charge on any atom is 0.224 e. The summed E-state index contributed by atoms with van der Waals surface area (Å²) in [6, 6.07) is 7.98. The molecule has 1 aliphatic carbocycles. The third-order valence-corrected chi connectivity index (χ3v) is 3.55. The number of hydrogen-bond donors (Lipinski definition) is 2. The molecule has 0 bridgehead atoms. The van der Waals surface area contributed by atoms with Gasteiger partial charge in [0.25, 0.3) is 0 Å². The van der Waals surface area contributed by atoms with Gasteiger partial charge in [-0.2, -0.15) is 0 Å². The van der Waals surface area contributed by atoms with E-state index in [2.05, 4.69) is 5.32 Å². The van der Waals surface area contributed by atoms with Gasteiger partial charge in [-0.3, -0.25) is 4.79 Å². The molecule has 0 saturated carbocycles. The molecule has 1 aliphatic rings. The van der Waals surface area contributed by atoms with Crippen molar-refractivity contribution in [1.82, 2.24) is 5.32 Å². The molecule has 0 fully saturated rings. The average Bonchev–Trinajstić information content (AvgIpc) is 2.94. The molecule has 3 heteroatoms. The van der Waals surface area contributed by atoms with Gasteiger partial charge in [0, 0.05) is 5.92 Å². The Bertz CT molecular complexity index is 442. The minimum atomic E-state index is -0.198. The van der Waals surface area contributed by atoms with Gasteiger partial charge in [-0.25, -0.2) is 0 Å². The highest BCUT2D eigenvalue weighted by atomic mass is 16.3. The van der Waals surface area contributed by atoms with Gasteiger partial charge in [0.2, 0.25) is 5.91 Å². The first-order chi connectivity index (χ1) is 9.19. The van der Waals surface area contributed by atoms with Crippen LogP contribution in [0.15, 0.2) is 36.4 Å². The Morgan fingerprint density at radius 3 is 2.53 bits per heavy atom. The lowest BCUT2D eigenvalue weighted by atomic mass is 10.0. The largest absolute Gasteiger partial charge is 0.394 e. The van der Waals surface area contributed by atoms with Gasteiger partial charge in [-0.1, -0.05) is 42.0 Å². The third-order valence-electron chi connectivity index (χ3n) is 3.55. The molecule has 1 aromatic carbocycles. The van der Waals surface area contributed by atoms with Gasteiger partial charge in [0.1, 0.15) is 0 Å². The highest BCUT2D eigenvalue weighted by Crippen LogP contribution is 2.18. The number of aliphatic hydroxyl groups excluding tert-OH is 1. The number of benzene rings is 1. The molecule has 19 heavy (non-hydrogen) atoms. The first kappa shape index (κ1) is 13.8. The van der Waals surface area contributed by atoms with Crippen molar-refractivity contribution in [2.75, 3.05) is 6.61 Å². The predicted octanol–water partition coefficient (Wildman–Crippen LogP) is 1.98. The maximum atomic E-state index is 12.0. The molecule has 1 atom stereocenters. The van der Waals surface area contributed by atoms with E-state index in [1.54, 1.807) is 0 Å². The second kappa shape index (κ2) is 6.53. The number of carbonyl (C=O) groups excluding carboxylic acids is 1. The quantitative estimate of drug-likeness (QED) is 0.794. The van der Waals surface area contributed by atoms with Gasteiger partial charge >= 0.3 is 0 Å². The zero-order chi connectivity index (χ0) is 13.7. The average molecular weight is 259 g/mol. The summed E-state index contributed by atoms with van der Waals surface area (Å²) in [5.41, 5.74) is 2.35. The molecule has 0 aliphatic heterocycles. The molecule has 0 radical (unpaired) electrons. The van der Waals surface area contributed by atoms with Gasteiger partial charge in [0.05, 0.1) is 12.6 Å². The van der Waals surface area contributed by atoms with Crippen molar-refractivity contribution in [3.05, 3.63) is 47.5 Å².